The predicted molar refractivity (Wildman–Crippen MR) is 114 cm³/mol. The van der Waals surface area contributed by atoms with Crippen LogP contribution >= 0.6 is 0 Å². The van der Waals surface area contributed by atoms with Gasteiger partial charge in [0.05, 0.1) is 0 Å². The van der Waals surface area contributed by atoms with Crippen LogP contribution in [0.25, 0.3) is 64.6 Å². The lowest BCUT2D eigenvalue weighted by molar-refractivity contribution is 1.84. The number of hydrogen-bond donors (Lipinski definition) is 0. The monoisotopic (exact) mass is 326 g/mol. The zero-order valence-electron chi connectivity index (χ0n) is 14.1. The summed E-state index contributed by atoms with van der Waals surface area (Å²) in [6.07, 6.45) is 0. The molecule has 0 aromatic heterocycles. The average Bonchev–Trinajstić information content (AvgIpc) is 3.20. The fourth-order valence-corrected chi connectivity index (χ4v) is 5.16. The Morgan fingerprint density at radius 1 is 0.269 bits per heavy atom. The first-order valence-electron chi connectivity index (χ1n) is 9.14. The van der Waals surface area contributed by atoms with E-state index in [-0.39, 0.29) is 0 Å². The van der Waals surface area contributed by atoms with Crippen LogP contribution in [0.3, 0.4) is 0 Å². The van der Waals surface area contributed by atoms with E-state index in [4.69, 9.17) is 0 Å². The Balaban J connectivity index is 1.94. The van der Waals surface area contributed by atoms with Gasteiger partial charge in [0.1, 0.15) is 0 Å². The van der Waals surface area contributed by atoms with E-state index in [0.717, 1.165) is 0 Å². The molecule has 0 spiro atoms. The molecular formula is C26H14. The van der Waals surface area contributed by atoms with Crippen molar-refractivity contribution in [3.63, 3.8) is 0 Å². The molecule has 118 valence electrons. The maximum absolute atomic E-state index is 2.33. The summed E-state index contributed by atoms with van der Waals surface area (Å²) < 4.78 is 0. The van der Waals surface area contributed by atoms with Crippen molar-refractivity contribution in [2.45, 2.75) is 0 Å². The first-order chi connectivity index (χ1) is 12.9. The first-order valence-corrected chi connectivity index (χ1v) is 9.14. The number of hydrogen-bond acceptors (Lipinski definition) is 0. The van der Waals surface area contributed by atoms with E-state index in [0.29, 0.717) is 0 Å². The normalized spacial score (nSPS) is 12.6. The highest BCUT2D eigenvalue weighted by Gasteiger charge is 2.18. The topological polar surface area (TPSA) is 0 Å². The minimum Gasteiger partial charge on any atom is -0.0610 e. The summed E-state index contributed by atoms with van der Waals surface area (Å²) in [5.74, 6) is 0. The van der Waals surface area contributed by atoms with Gasteiger partial charge in [0, 0.05) is 0 Å². The van der Waals surface area contributed by atoms with Gasteiger partial charge in [-0.2, -0.15) is 0 Å². The molecule has 0 aliphatic rings. The number of rotatable bonds is 0. The molecule has 7 aromatic rings. The predicted octanol–water partition coefficient (Wildman–Crippen LogP) is 7.48. The highest BCUT2D eigenvalue weighted by atomic mass is 14.2. The van der Waals surface area contributed by atoms with Crippen LogP contribution in [0.15, 0.2) is 84.9 Å². The van der Waals surface area contributed by atoms with Crippen molar-refractivity contribution in [1.82, 2.24) is 0 Å². The Labute approximate surface area is 149 Å². The molecule has 0 N–H and O–H groups in total. The molecule has 0 heterocycles. The van der Waals surface area contributed by atoms with E-state index < -0.39 is 0 Å². The van der Waals surface area contributed by atoms with Gasteiger partial charge in [-0.05, 0) is 64.6 Å². The Kier molecular flexibility index (Phi) is 2.10. The fourth-order valence-electron chi connectivity index (χ4n) is 5.16. The molecule has 0 aliphatic heterocycles. The molecule has 0 heteroatoms. The summed E-state index contributed by atoms with van der Waals surface area (Å²) in [5, 5.41) is 16.6. The summed E-state index contributed by atoms with van der Waals surface area (Å²) in [7, 11) is 0. The standard InChI is InChI=1S/C26H14/c1-5-15-7-3-11-21-23(15)17(9-1)19-13-14-20-18-10-2-6-16-8-4-12-22(24(16)18)26(20)25(19)21/h1-14H. The van der Waals surface area contributed by atoms with Crippen molar-refractivity contribution in [2.24, 2.45) is 0 Å². The maximum atomic E-state index is 2.33. The largest absolute Gasteiger partial charge is 0.0610 e. The van der Waals surface area contributed by atoms with Gasteiger partial charge in [-0.25, -0.2) is 0 Å². The van der Waals surface area contributed by atoms with Gasteiger partial charge in [-0.3, -0.25) is 0 Å². The van der Waals surface area contributed by atoms with Crippen LogP contribution in [0.4, 0.5) is 0 Å². The molecule has 0 saturated heterocycles. The third kappa shape index (κ3) is 1.32. The SMILES string of the molecule is c1cc2cccc3c2c(c1)c1ccc2c4cccc5cccc(c54)c2c13. The molecular weight excluding hydrogens is 312 g/mol. The molecule has 0 radical (unpaired) electrons. The van der Waals surface area contributed by atoms with Crippen LogP contribution < -0.4 is 0 Å². The van der Waals surface area contributed by atoms with Crippen LogP contribution in [-0.4, -0.2) is 0 Å². The summed E-state index contributed by atoms with van der Waals surface area (Å²) >= 11 is 0. The molecule has 7 aromatic carbocycles. The van der Waals surface area contributed by atoms with E-state index in [1.54, 1.807) is 0 Å². The molecule has 0 amide bonds. The maximum Gasteiger partial charge on any atom is -0.00137 e. The van der Waals surface area contributed by atoms with Gasteiger partial charge in [0.2, 0.25) is 0 Å². The van der Waals surface area contributed by atoms with Crippen molar-refractivity contribution < 1.29 is 0 Å². The summed E-state index contributed by atoms with van der Waals surface area (Å²) in [6.45, 7) is 0. The lowest BCUT2D eigenvalue weighted by Crippen LogP contribution is -1.71. The minimum atomic E-state index is 1.33. The average molecular weight is 326 g/mol. The molecule has 26 heavy (non-hydrogen) atoms. The van der Waals surface area contributed by atoms with E-state index >= 15 is 0 Å². The Bertz CT molecular complexity index is 1480. The summed E-state index contributed by atoms with van der Waals surface area (Å²) in [5.41, 5.74) is 0. The van der Waals surface area contributed by atoms with Gasteiger partial charge in [0.15, 0.2) is 0 Å². The Morgan fingerprint density at radius 3 is 1.04 bits per heavy atom. The van der Waals surface area contributed by atoms with Crippen LogP contribution in [0.5, 0.6) is 0 Å². The van der Waals surface area contributed by atoms with Gasteiger partial charge >= 0.3 is 0 Å². The lowest BCUT2D eigenvalue weighted by atomic mass is 10.0. The zero-order valence-corrected chi connectivity index (χ0v) is 14.1. The number of fused-ring (bicyclic) bond motifs is 7. The third-order valence-corrected chi connectivity index (χ3v) is 6.13. The molecule has 0 saturated carbocycles. The van der Waals surface area contributed by atoms with Crippen LogP contribution in [0.2, 0.25) is 0 Å². The van der Waals surface area contributed by atoms with Crippen LogP contribution in [0.1, 0.15) is 0 Å². The highest BCUT2D eigenvalue weighted by Crippen LogP contribution is 2.47. The van der Waals surface area contributed by atoms with Crippen molar-refractivity contribution in [2.75, 3.05) is 0 Å². The van der Waals surface area contributed by atoms with Gasteiger partial charge < -0.3 is 0 Å². The summed E-state index contributed by atoms with van der Waals surface area (Å²) in [4.78, 5) is 0. The van der Waals surface area contributed by atoms with Crippen molar-refractivity contribution in [3.8, 4) is 0 Å². The Hall–Kier alpha value is -3.38. The molecule has 0 nitrogen and oxygen atoms in total. The van der Waals surface area contributed by atoms with Crippen LogP contribution in [-0.2, 0) is 0 Å². The van der Waals surface area contributed by atoms with Crippen molar-refractivity contribution in [3.05, 3.63) is 84.9 Å². The van der Waals surface area contributed by atoms with E-state index in [1.165, 1.54) is 64.6 Å². The van der Waals surface area contributed by atoms with Crippen LogP contribution in [0, 0.1) is 0 Å². The molecule has 0 atom stereocenters. The second-order valence-electron chi connectivity index (χ2n) is 7.33. The smallest absolute Gasteiger partial charge is 0.00137 e. The quantitative estimate of drug-likeness (QED) is 0.271. The van der Waals surface area contributed by atoms with Gasteiger partial charge in [-0.15, -0.1) is 0 Å². The molecule has 7 rings (SSSR count). The van der Waals surface area contributed by atoms with Gasteiger partial charge in [-0.1, -0.05) is 84.9 Å². The lowest BCUT2D eigenvalue weighted by Gasteiger charge is -1.99. The fraction of sp³-hybridized carbons (Fsp3) is 0. The van der Waals surface area contributed by atoms with E-state index in [2.05, 4.69) is 84.9 Å². The number of benzene rings is 5. The van der Waals surface area contributed by atoms with Crippen molar-refractivity contribution in [1.29, 1.82) is 0 Å². The third-order valence-electron chi connectivity index (χ3n) is 6.13. The second-order valence-corrected chi connectivity index (χ2v) is 7.33. The molecule has 0 aliphatic carbocycles. The molecule has 0 unspecified atom stereocenters. The van der Waals surface area contributed by atoms with E-state index in [1.807, 2.05) is 0 Å². The molecule has 0 bridgehead atoms. The summed E-state index contributed by atoms with van der Waals surface area (Å²) in [6, 6.07) is 31.4. The second kappa shape index (κ2) is 4.23. The van der Waals surface area contributed by atoms with Crippen molar-refractivity contribution >= 4 is 64.6 Å². The zero-order chi connectivity index (χ0) is 16.8. The minimum absolute atomic E-state index is 1.33. The highest BCUT2D eigenvalue weighted by molar-refractivity contribution is 6.43. The van der Waals surface area contributed by atoms with Gasteiger partial charge in [0.25, 0.3) is 0 Å². The van der Waals surface area contributed by atoms with E-state index in [9.17, 15) is 0 Å². The Morgan fingerprint density at radius 2 is 0.615 bits per heavy atom. The molecule has 0 fully saturated rings. The first kappa shape index (κ1) is 12.9.